The van der Waals surface area contributed by atoms with Crippen molar-refractivity contribution in [1.29, 1.82) is 0 Å². The normalized spacial score (nSPS) is 10.4. The molecule has 154 valence electrons. The van der Waals surface area contributed by atoms with Crippen LogP contribution in [0, 0.1) is 0 Å². The molecule has 2 rings (SSSR count). The Morgan fingerprint density at radius 2 is 1.72 bits per heavy atom. The molecule has 1 N–H and O–H groups in total. The third-order valence-electron chi connectivity index (χ3n) is 3.81. The summed E-state index contributed by atoms with van der Waals surface area (Å²) >= 11 is 0. The van der Waals surface area contributed by atoms with Crippen LogP contribution in [0.25, 0.3) is 0 Å². The number of nitrogens with zero attached hydrogens (tertiary/aromatic N) is 1. The number of rotatable bonds is 11. The molecule has 0 unspecified atom stereocenters. The largest absolute Gasteiger partial charge is 0.493 e. The van der Waals surface area contributed by atoms with Gasteiger partial charge in [0.2, 0.25) is 0 Å². The third-order valence-corrected chi connectivity index (χ3v) is 3.81. The Hall–Kier alpha value is -3.48. The Bertz CT molecular complexity index is 864. The molecule has 29 heavy (non-hydrogen) atoms. The average molecular weight is 398 g/mol. The molecule has 0 atom stereocenters. The molecule has 7 heteroatoms. The number of ether oxygens (including phenoxy) is 4. The van der Waals surface area contributed by atoms with Crippen LogP contribution in [0.2, 0.25) is 0 Å². The van der Waals surface area contributed by atoms with Crippen molar-refractivity contribution in [3.8, 4) is 23.0 Å². The molecule has 1 amide bonds. The van der Waals surface area contributed by atoms with Gasteiger partial charge in [-0.3, -0.25) is 4.79 Å². The van der Waals surface area contributed by atoms with Gasteiger partial charge in [-0.25, -0.2) is 5.43 Å². The second-order valence-corrected chi connectivity index (χ2v) is 5.92. The molecular weight excluding hydrogens is 372 g/mol. The maximum atomic E-state index is 12.3. The molecule has 0 spiro atoms. The summed E-state index contributed by atoms with van der Waals surface area (Å²) in [5, 5.41) is 4.01. The van der Waals surface area contributed by atoms with E-state index in [4.69, 9.17) is 18.9 Å². The zero-order chi connectivity index (χ0) is 21.1. The molecule has 0 saturated heterocycles. The van der Waals surface area contributed by atoms with Gasteiger partial charge in [0.05, 0.1) is 27.0 Å². The molecule has 0 aliphatic rings. The van der Waals surface area contributed by atoms with E-state index in [9.17, 15) is 4.79 Å². The highest BCUT2D eigenvalue weighted by molar-refractivity contribution is 5.95. The molecule has 2 aromatic carbocycles. The van der Waals surface area contributed by atoms with E-state index >= 15 is 0 Å². The van der Waals surface area contributed by atoms with Crippen LogP contribution in [0.15, 0.2) is 54.2 Å². The first-order valence-electron chi connectivity index (χ1n) is 9.18. The maximum Gasteiger partial charge on any atom is 0.271 e. The number of hydrogen-bond acceptors (Lipinski definition) is 6. The molecule has 0 aliphatic heterocycles. The second kappa shape index (κ2) is 11.4. The van der Waals surface area contributed by atoms with E-state index in [0.29, 0.717) is 41.8 Å². The summed E-state index contributed by atoms with van der Waals surface area (Å²) in [7, 11) is 3.09. The third kappa shape index (κ3) is 6.27. The van der Waals surface area contributed by atoms with Crippen molar-refractivity contribution in [2.75, 3.05) is 27.4 Å². The van der Waals surface area contributed by atoms with Crippen LogP contribution in [-0.4, -0.2) is 39.6 Å². The van der Waals surface area contributed by atoms with Crippen molar-refractivity contribution in [3.63, 3.8) is 0 Å². The Morgan fingerprint density at radius 3 is 2.41 bits per heavy atom. The van der Waals surface area contributed by atoms with E-state index in [1.54, 1.807) is 37.5 Å². The van der Waals surface area contributed by atoms with E-state index in [0.717, 1.165) is 12.0 Å². The van der Waals surface area contributed by atoms with Gasteiger partial charge in [0, 0.05) is 5.56 Å². The highest BCUT2D eigenvalue weighted by Gasteiger charge is 2.11. The number of hydrazone groups is 1. The van der Waals surface area contributed by atoms with Gasteiger partial charge in [0.15, 0.2) is 23.0 Å². The van der Waals surface area contributed by atoms with Crippen molar-refractivity contribution in [3.05, 3.63) is 60.2 Å². The Balaban J connectivity index is 2.04. The van der Waals surface area contributed by atoms with Crippen molar-refractivity contribution < 1.29 is 23.7 Å². The molecule has 0 bridgehead atoms. The van der Waals surface area contributed by atoms with Crippen LogP contribution in [0.5, 0.6) is 23.0 Å². The van der Waals surface area contributed by atoms with Gasteiger partial charge in [0.25, 0.3) is 5.91 Å². The number of benzene rings is 2. The van der Waals surface area contributed by atoms with Crippen LogP contribution in [0.3, 0.4) is 0 Å². The number of nitrogens with one attached hydrogen (secondary N) is 1. The molecule has 0 heterocycles. The smallest absolute Gasteiger partial charge is 0.271 e. The highest BCUT2D eigenvalue weighted by atomic mass is 16.5. The van der Waals surface area contributed by atoms with Crippen molar-refractivity contribution in [2.24, 2.45) is 5.10 Å². The van der Waals surface area contributed by atoms with Gasteiger partial charge >= 0.3 is 0 Å². The van der Waals surface area contributed by atoms with Crippen LogP contribution in [-0.2, 0) is 0 Å². The minimum Gasteiger partial charge on any atom is -0.493 e. The van der Waals surface area contributed by atoms with Crippen LogP contribution < -0.4 is 24.4 Å². The summed E-state index contributed by atoms with van der Waals surface area (Å²) < 4.78 is 21.7. The molecule has 0 saturated carbocycles. The van der Waals surface area contributed by atoms with Gasteiger partial charge in [-0.15, -0.1) is 0 Å². The van der Waals surface area contributed by atoms with Gasteiger partial charge in [-0.05, 0) is 48.4 Å². The molecule has 7 nitrogen and oxygen atoms in total. The summed E-state index contributed by atoms with van der Waals surface area (Å²) in [4.78, 5) is 12.3. The van der Waals surface area contributed by atoms with Gasteiger partial charge in [-0.2, -0.15) is 5.10 Å². The lowest BCUT2D eigenvalue weighted by Gasteiger charge is -2.11. The lowest BCUT2D eigenvalue weighted by Crippen LogP contribution is -2.17. The standard InChI is InChI=1S/C22H26N2O5/c1-5-11-28-18-9-7-16(13-20(18)26-3)15-23-24-22(25)17-8-10-19(29-12-6-2)21(14-17)27-4/h6-10,13-15H,2,5,11-12H2,1,3-4H3,(H,24,25)/b23-15+. The van der Waals surface area contributed by atoms with Crippen molar-refractivity contribution >= 4 is 12.1 Å². The minimum atomic E-state index is -0.371. The molecule has 0 aromatic heterocycles. The quantitative estimate of drug-likeness (QED) is 0.354. The van der Waals surface area contributed by atoms with Gasteiger partial charge in [0.1, 0.15) is 6.61 Å². The molecular formula is C22H26N2O5. The Kier molecular flexibility index (Phi) is 8.56. The highest BCUT2D eigenvalue weighted by Crippen LogP contribution is 2.28. The van der Waals surface area contributed by atoms with Crippen LogP contribution in [0.4, 0.5) is 0 Å². The number of hydrogen-bond donors (Lipinski definition) is 1. The van der Waals surface area contributed by atoms with E-state index in [1.165, 1.54) is 13.3 Å². The first-order valence-corrected chi connectivity index (χ1v) is 9.18. The van der Waals surface area contributed by atoms with Crippen LogP contribution in [0.1, 0.15) is 29.3 Å². The summed E-state index contributed by atoms with van der Waals surface area (Å²) in [5.41, 5.74) is 3.65. The monoisotopic (exact) mass is 398 g/mol. The SMILES string of the molecule is C=CCOc1ccc(C(=O)N/N=C/c2ccc(OCCC)c(OC)c2)cc1OC. The predicted molar refractivity (Wildman–Crippen MR) is 113 cm³/mol. The lowest BCUT2D eigenvalue weighted by molar-refractivity contribution is 0.0954. The molecule has 2 aromatic rings. The molecule has 0 radical (unpaired) electrons. The lowest BCUT2D eigenvalue weighted by atomic mass is 10.2. The van der Waals surface area contributed by atoms with Gasteiger partial charge in [-0.1, -0.05) is 19.6 Å². The first kappa shape index (κ1) is 21.8. The van der Waals surface area contributed by atoms with E-state index < -0.39 is 0 Å². The van der Waals surface area contributed by atoms with Gasteiger partial charge < -0.3 is 18.9 Å². The molecule has 0 aliphatic carbocycles. The summed E-state index contributed by atoms with van der Waals surface area (Å²) in [6.07, 6.45) is 4.07. The summed E-state index contributed by atoms with van der Waals surface area (Å²) in [6, 6.07) is 10.3. The maximum absolute atomic E-state index is 12.3. The fraction of sp³-hybridized carbons (Fsp3) is 0.273. The first-order chi connectivity index (χ1) is 14.1. The van der Waals surface area contributed by atoms with Crippen molar-refractivity contribution in [2.45, 2.75) is 13.3 Å². The molecule has 0 fully saturated rings. The number of carbonyl (C=O) groups excluding carboxylic acids is 1. The Labute approximate surface area is 170 Å². The predicted octanol–water partition coefficient (Wildman–Crippen LogP) is 3.82. The average Bonchev–Trinajstić information content (AvgIpc) is 2.76. The van der Waals surface area contributed by atoms with Crippen molar-refractivity contribution in [1.82, 2.24) is 5.43 Å². The Morgan fingerprint density at radius 1 is 1.03 bits per heavy atom. The second-order valence-electron chi connectivity index (χ2n) is 5.92. The number of carbonyl (C=O) groups is 1. The topological polar surface area (TPSA) is 78.4 Å². The van der Waals surface area contributed by atoms with E-state index in [-0.39, 0.29) is 5.91 Å². The summed E-state index contributed by atoms with van der Waals surface area (Å²) in [5.74, 6) is 1.89. The van der Waals surface area contributed by atoms with E-state index in [2.05, 4.69) is 17.1 Å². The zero-order valence-electron chi connectivity index (χ0n) is 16.9. The zero-order valence-corrected chi connectivity index (χ0v) is 16.9. The fourth-order valence-electron chi connectivity index (χ4n) is 2.40. The number of methoxy groups -OCH3 is 2. The van der Waals surface area contributed by atoms with E-state index in [1.807, 2.05) is 19.1 Å². The van der Waals surface area contributed by atoms with Crippen LogP contribution >= 0.6 is 0 Å². The number of amides is 1. The summed E-state index contributed by atoms with van der Waals surface area (Å²) in [6.45, 7) is 6.60. The fourth-order valence-corrected chi connectivity index (χ4v) is 2.40. The minimum absolute atomic E-state index is 0.345.